The quantitative estimate of drug-likeness (QED) is 0.384. The molecule has 112 valence electrons. The third-order valence-corrected chi connectivity index (χ3v) is 4.84. The average Bonchev–Trinajstić information content (AvgIpc) is 2.89. The highest BCUT2D eigenvalue weighted by atomic mass is 79.9. The van der Waals surface area contributed by atoms with Crippen LogP contribution in [0.3, 0.4) is 0 Å². The molecule has 1 aromatic carbocycles. The Morgan fingerprint density at radius 3 is 2.75 bits per heavy atom. The number of rotatable bonds is 8. The fraction of sp³-hybridized carbons (Fsp3) is 0.647. The molecule has 3 heteroatoms. The van der Waals surface area contributed by atoms with Crippen molar-refractivity contribution >= 4 is 27.5 Å². The minimum Gasteiger partial charge on any atom is -0.493 e. The maximum Gasteiger partial charge on any atom is 0.127 e. The Kier molecular flexibility index (Phi) is 6.70. The van der Waals surface area contributed by atoms with Crippen molar-refractivity contribution in [2.24, 2.45) is 0 Å². The maximum atomic E-state index is 6.60. The van der Waals surface area contributed by atoms with E-state index >= 15 is 0 Å². The van der Waals surface area contributed by atoms with Gasteiger partial charge in [0.05, 0.1) is 12.0 Å². The van der Waals surface area contributed by atoms with E-state index in [1.165, 1.54) is 49.7 Å². The fourth-order valence-electron chi connectivity index (χ4n) is 2.79. The van der Waals surface area contributed by atoms with Crippen LogP contribution in [0.2, 0.25) is 0 Å². The van der Waals surface area contributed by atoms with Gasteiger partial charge in [0.15, 0.2) is 0 Å². The molecule has 1 aromatic rings. The first kappa shape index (κ1) is 16.2. The predicted octanol–water partition coefficient (Wildman–Crippen LogP) is 6.41. The molecule has 0 aliphatic carbocycles. The largest absolute Gasteiger partial charge is 0.493 e. The van der Waals surface area contributed by atoms with Crippen LogP contribution in [0.5, 0.6) is 5.75 Å². The van der Waals surface area contributed by atoms with Crippen LogP contribution in [-0.2, 0) is 6.42 Å². The monoisotopic (exact) mass is 358 g/mol. The lowest BCUT2D eigenvalue weighted by molar-refractivity contribution is 0.352. The van der Waals surface area contributed by atoms with E-state index in [9.17, 15) is 0 Å². The van der Waals surface area contributed by atoms with E-state index in [2.05, 4.69) is 35.0 Å². The molecule has 1 unspecified atom stereocenters. The van der Waals surface area contributed by atoms with Gasteiger partial charge in [0.2, 0.25) is 0 Å². The van der Waals surface area contributed by atoms with Gasteiger partial charge in [0, 0.05) is 16.5 Å². The summed E-state index contributed by atoms with van der Waals surface area (Å²) in [5, 5.41) is 0.0746. The van der Waals surface area contributed by atoms with Gasteiger partial charge in [0.1, 0.15) is 5.75 Å². The van der Waals surface area contributed by atoms with Gasteiger partial charge in [-0.15, -0.1) is 11.6 Å². The van der Waals surface area contributed by atoms with Gasteiger partial charge in [-0.2, -0.15) is 0 Å². The van der Waals surface area contributed by atoms with Gasteiger partial charge < -0.3 is 4.74 Å². The van der Waals surface area contributed by atoms with Crippen molar-refractivity contribution < 1.29 is 4.74 Å². The standard InChI is InChI=1S/C17H24BrClO/c1-2-3-4-5-6-7-8-16(19)15-12-14(18)11-13-9-10-20-17(13)15/h11-12,16H,2-10H2,1H3. The average molecular weight is 360 g/mol. The Hall–Kier alpha value is -0.210. The molecule has 1 aliphatic heterocycles. The van der Waals surface area contributed by atoms with E-state index in [4.69, 9.17) is 16.3 Å². The summed E-state index contributed by atoms with van der Waals surface area (Å²) in [4.78, 5) is 0. The Bertz CT molecular complexity index is 433. The minimum atomic E-state index is 0.0746. The first-order chi connectivity index (χ1) is 9.72. The Labute approximate surface area is 136 Å². The zero-order valence-electron chi connectivity index (χ0n) is 12.3. The SMILES string of the molecule is CCCCCCCCC(Cl)c1cc(Br)cc2c1OCC2. The molecular formula is C17H24BrClO. The summed E-state index contributed by atoms with van der Waals surface area (Å²) in [5.74, 6) is 1.04. The number of hydrogen-bond acceptors (Lipinski definition) is 1. The highest BCUT2D eigenvalue weighted by molar-refractivity contribution is 9.10. The molecule has 0 spiro atoms. The minimum absolute atomic E-state index is 0.0746. The van der Waals surface area contributed by atoms with Gasteiger partial charge in [-0.05, 0) is 24.1 Å². The van der Waals surface area contributed by atoms with Crippen molar-refractivity contribution in [2.75, 3.05) is 6.61 Å². The van der Waals surface area contributed by atoms with Crippen molar-refractivity contribution in [1.29, 1.82) is 0 Å². The Balaban J connectivity index is 1.85. The molecule has 1 nitrogen and oxygen atoms in total. The lowest BCUT2D eigenvalue weighted by Crippen LogP contribution is -1.96. The van der Waals surface area contributed by atoms with Gasteiger partial charge in [-0.3, -0.25) is 0 Å². The molecule has 0 aromatic heterocycles. The van der Waals surface area contributed by atoms with Crippen molar-refractivity contribution in [1.82, 2.24) is 0 Å². The normalized spacial score (nSPS) is 14.9. The molecule has 0 fully saturated rings. The molecule has 0 N–H and O–H groups in total. The first-order valence-electron chi connectivity index (χ1n) is 7.81. The van der Waals surface area contributed by atoms with Crippen molar-refractivity contribution in [3.05, 3.63) is 27.7 Å². The van der Waals surface area contributed by atoms with Crippen LogP contribution in [0.4, 0.5) is 0 Å². The molecule has 0 radical (unpaired) electrons. The smallest absolute Gasteiger partial charge is 0.127 e. The Morgan fingerprint density at radius 2 is 1.95 bits per heavy atom. The van der Waals surface area contributed by atoms with Crippen LogP contribution < -0.4 is 4.74 Å². The van der Waals surface area contributed by atoms with E-state index in [1.807, 2.05) is 0 Å². The third kappa shape index (κ3) is 4.39. The van der Waals surface area contributed by atoms with Crippen LogP contribution in [0.25, 0.3) is 0 Å². The lowest BCUT2D eigenvalue weighted by Gasteiger charge is -2.14. The second-order valence-corrected chi connectivity index (χ2v) is 7.05. The van der Waals surface area contributed by atoms with Gasteiger partial charge >= 0.3 is 0 Å². The summed E-state index contributed by atoms with van der Waals surface area (Å²) >= 11 is 10.2. The molecule has 0 saturated heterocycles. The van der Waals surface area contributed by atoms with Crippen LogP contribution in [0.15, 0.2) is 16.6 Å². The highest BCUT2D eigenvalue weighted by Crippen LogP contribution is 2.40. The first-order valence-corrected chi connectivity index (χ1v) is 9.04. The van der Waals surface area contributed by atoms with Crippen LogP contribution in [0, 0.1) is 0 Å². The number of hydrogen-bond donors (Lipinski definition) is 0. The van der Waals surface area contributed by atoms with Crippen molar-refractivity contribution in [3.8, 4) is 5.75 Å². The highest BCUT2D eigenvalue weighted by Gasteiger charge is 2.21. The third-order valence-electron chi connectivity index (χ3n) is 3.93. The van der Waals surface area contributed by atoms with E-state index in [0.29, 0.717) is 0 Å². The predicted molar refractivity (Wildman–Crippen MR) is 89.9 cm³/mol. The summed E-state index contributed by atoms with van der Waals surface area (Å²) in [6, 6.07) is 4.28. The van der Waals surface area contributed by atoms with Gasteiger partial charge in [-0.25, -0.2) is 0 Å². The lowest BCUT2D eigenvalue weighted by atomic mass is 10.0. The zero-order valence-corrected chi connectivity index (χ0v) is 14.6. The second-order valence-electron chi connectivity index (χ2n) is 5.61. The van der Waals surface area contributed by atoms with Crippen LogP contribution in [0.1, 0.15) is 68.4 Å². The number of unbranched alkanes of at least 4 members (excludes halogenated alkanes) is 5. The summed E-state index contributed by atoms with van der Waals surface area (Å²) in [6.45, 7) is 3.04. The van der Waals surface area contributed by atoms with Crippen molar-refractivity contribution in [3.63, 3.8) is 0 Å². The number of halogens is 2. The molecule has 1 atom stereocenters. The number of fused-ring (bicyclic) bond motifs is 1. The summed E-state index contributed by atoms with van der Waals surface area (Å²) in [5.41, 5.74) is 2.46. The molecular weight excluding hydrogens is 336 g/mol. The maximum absolute atomic E-state index is 6.60. The van der Waals surface area contributed by atoms with Crippen LogP contribution >= 0.6 is 27.5 Å². The van der Waals surface area contributed by atoms with E-state index < -0.39 is 0 Å². The van der Waals surface area contributed by atoms with Gasteiger partial charge in [-0.1, -0.05) is 61.4 Å². The molecule has 1 aliphatic rings. The number of alkyl halides is 1. The van der Waals surface area contributed by atoms with Crippen LogP contribution in [-0.4, -0.2) is 6.61 Å². The number of benzene rings is 1. The second kappa shape index (κ2) is 8.29. The van der Waals surface area contributed by atoms with E-state index in [0.717, 1.165) is 29.7 Å². The molecule has 2 rings (SSSR count). The fourth-order valence-corrected chi connectivity index (χ4v) is 3.63. The molecule has 20 heavy (non-hydrogen) atoms. The Morgan fingerprint density at radius 1 is 1.20 bits per heavy atom. The van der Waals surface area contributed by atoms with Crippen molar-refractivity contribution in [2.45, 2.75) is 63.7 Å². The van der Waals surface area contributed by atoms with Gasteiger partial charge in [0.25, 0.3) is 0 Å². The number of ether oxygens (including phenoxy) is 1. The molecule has 0 bridgehead atoms. The zero-order chi connectivity index (χ0) is 14.4. The topological polar surface area (TPSA) is 9.23 Å². The van der Waals surface area contributed by atoms with E-state index in [-0.39, 0.29) is 5.38 Å². The molecule has 1 heterocycles. The summed E-state index contributed by atoms with van der Waals surface area (Å²) < 4.78 is 6.88. The van der Waals surface area contributed by atoms with E-state index in [1.54, 1.807) is 0 Å². The molecule has 0 saturated carbocycles. The summed E-state index contributed by atoms with van der Waals surface area (Å²) in [6.07, 6.45) is 9.90. The molecule has 0 amide bonds. The summed E-state index contributed by atoms with van der Waals surface area (Å²) in [7, 11) is 0.